The van der Waals surface area contributed by atoms with Crippen LogP contribution >= 0.6 is 12.6 Å². The highest BCUT2D eigenvalue weighted by Crippen LogP contribution is 2.18. The van der Waals surface area contributed by atoms with Crippen LogP contribution in [0.2, 0.25) is 0 Å². The van der Waals surface area contributed by atoms with E-state index in [2.05, 4.69) is 31.4 Å². The van der Waals surface area contributed by atoms with Crippen LogP contribution in [0, 0.1) is 11.7 Å². The molecule has 0 saturated carbocycles. The summed E-state index contributed by atoms with van der Waals surface area (Å²) >= 11 is 4.41. The predicted molar refractivity (Wildman–Crippen MR) is 76.5 cm³/mol. The van der Waals surface area contributed by atoms with Crippen molar-refractivity contribution >= 4 is 18.3 Å². The molecular formula is C14H22FNS. The van der Waals surface area contributed by atoms with Crippen molar-refractivity contribution < 1.29 is 4.39 Å². The lowest BCUT2D eigenvalue weighted by Gasteiger charge is -2.27. The molecule has 1 atom stereocenters. The Hall–Kier alpha value is -0.700. The molecule has 0 N–H and O–H groups in total. The highest BCUT2D eigenvalue weighted by molar-refractivity contribution is 7.80. The second-order valence-corrected chi connectivity index (χ2v) is 4.72. The van der Waals surface area contributed by atoms with Crippen LogP contribution in [0.15, 0.2) is 24.3 Å². The lowest BCUT2D eigenvalue weighted by Crippen LogP contribution is -2.30. The van der Waals surface area contributed by atoms with Crippen LogP contribution in [0.4, 0.5) is 10.1 Å². The van der Waals surface area contributed by atoms with Gasteiger partial charge in [0, 0.05) is 18.8 Å². The summed E-state index contributed by atoms with van der Waals surface area (Å²) in [4.78, 5) is 2.29. The van der Waals surface area contributed by atoms with Crippen molar-refractivity contribution in [2.24, 2.45) is 5.92 Å². The van der Waals surface area contributed by atoms with E-state index < -0.39 is 0 Å². The Balaban J connectivity index is 2.67. The minimum atomic E-state index is -0.177. The molecule has 17 heavy (non-hydrogen) atoms. The highest BCUT2D eigenvalue weighted by Gasteiger charge is 2.11. The third kappa shape index (κ3) is 4.58. The normalized spacial score (nSPS) is 12.5. The topological polar surface area (TPSA) is 3.24 Å². The van der Waals surface area contributed by atoms with E-state index in [-0.39, 0.29) is 5.82 Å². The summed E-state index contributed by atoms with van der Waals surface area (Å²) < 4.78 is 12.9. The molecule has 0 radical (unpaired) electrons. The molecular weight excluding hydrogens is 233 g/mol. The number of benzene rings is 1. The number of hydrogen-bond donors (Lipinski definition) is 1. The van der Waals surface area contributed by atoms with Crippen molar-refractivity contribution in [2.45, 2.75) is 26.7 Å². The van der Waals surface area contributed by atoms with Gasteiger partial charge >= 0.3 is 0 Å². The zero-order valence-corrected chi connectivity index (χ0v) is 11.6. The predicted octanol–water partition coefficient (Wildman–Crippen LogP) is 4.00. The van der Waals surface area contributed by atoms with Gasteiger partial charge in [-0.3, -0.25) is 0 Å². The molecule has 0 aromatic heterocycles. The van der Waals surface area contributed by atoms with Gasteiger partial charge in [0.25, 0.3) is 0 Å². The summed E-state index contributed by atoms with van der Waals surface area (Å²) in [6.07, 6.45) is 2.38. The SMILES string of the molecule is CCCC(CS)CN(CC)c1ccc(F)cc1. The zero-order valence-electron chi connectivity index (χ0n) is 10.7. The molecule has 0 aliphatic carbocycles. The first-order chi connectivity index (χ1) is 8.21. The van der Waals surface area contributed by atoms with E-state index in [4.69, 9.17) is 0 Å². The Morgan fingerprint density at radius 1 is 1.24 bits per heavy atom. The van der Waals surface area contributed by atoms with Gasteiger partial charge in [0.05, 0.1) is 0 Å². The van der Waals surface area contributed by atoms with Crippen LogP contribution in [-0.2, 0) is 0 Å². The molecule has 0 fully saturated rings. The Morgan fingerprint density at radius 2 is 1.88 bits per heavy atom. The number of halogens is 1. The average Bonchev–Trinajstić information content (AvgIpc) is 2.36. The van der Waals surface area contributed by atoms with Gasteiger partial charge in [0.2, 0.25) is 0 Å². The van der Waals surface area contributed by atoms with Gasteiger partial charge in [-0.05, 0) is 49.3 Å². The van der Waals surface area contributed by atoms with E-state index >= 15 is 0 Å². The van der Waals surface area contributed by atoms with Crippen molar-refractivity contribution in [2.75, 3.05) is 23.7 Å². The maximum absolute atomic E-state index is 12.9. The Kier molecular flexibility index (Phi) is 6.41. The number of thiol groups is 1. The summed E-state index contributed by atoms with van der Waals surface area (Å²) in [6.45, 7) is 6.27. The van der Waals surface area contributed by atoms with Gasteiger partial charge in [0.1, 0.15) is 5.82 Å². The van der Waals surface area contributed by atoms with Crippen molar-refractivity contribution in [3.8, 4) is 0 Å². The first-order valence-corrected chi connectivity index (χ1v) is 6.95. The van der Waals surface area contributed by atoms with Crippen molar-refractivity contribution in [3.05, 3.63) is 30.1 Å². The van der Waals surface area contributed by atoms with E-state index in [9.17, 15) is 4.39 Å². The summed E-state index contributed by atoms with van der Waals surface area (Å²) in [5, 5.41) is 0. The van der Waals surface area contributed by atoms with Crippen LogP contribution in [0.1, 0.15) is 26.7 Å². The molecule has 1 aromatic carbocycles. The maximum Gasteiger partial charge on any atom is 0.123 e. The summed E-state index contributed by atoms with van der Waals surface area (Å²) in [7, 11) is 0. The summed E-state index contributed by atoms with van der Waals surface area (Å²) in [6, 6.07) is 6.74. The molecule has 0 aliphatic heterocycles. The smallest absolute Gasteiger partial charge is 0.123 e. The standard InChI is InChI=1S/C14H22FNS/c1-3-5-12(11-17)10-16(4-2)14-8-6-13(15)7-9-14/h6-9,12,17H,3-5,10-11H2,1-2H3. The fraction of sp³-hybridized carbons (Fsp3) is 0.571. The van der Waals surface area contributed by atoms with Crippen LogP contribution in [0.5, 0.6) is 0 Å². The first kappa shape index (κ1) is 14.4. The Labute approximate surface area is 109 Å². The number of hydrogen-bond acceptors (Lipinski definition) is 2. The molecule has 0 bridgehead atoms. The third-order valence-corrected chi connectivity index (χ3v) is 3.52. The molecule has 0 amide bonds. The molecule has 3 heteroatoms. The Morgan fingerprint density at radius 3 is 2.35 bits per heavy atom. The molecule has 0 saturated heterocycles. The van der Waals surface area contributed by atoms with Gasteiger partial charge in [-0.1, -0.05) is 13.3 Å². The highest BCUT2D eigenvalue weighted by atomic mass is 32.1. The molecule has 1 aromatic rings. The fourth-order valence-electron chi connectivity index (χ4n) is 2.03. The quantitative estimate of drug-likeness (QED) is 0.721. The van der Waals surface area contributed by atoms with E-state index in [1.54, 1.807) is 0 Å². The third-order valence-electron chi connectivity index (χ3n) is 3.01. The van der Waals surface area contributed by atoms with Gasteiger partial charge in [-0.25, -0.2) is 4.39 Å². The number of anilines is 1. The van der Waals surface area contributed by atoms with Crippen LogP contribution in [-0.4, -0.2) is 18.8 Å². The minimum Gasteiger partial charge on any atom is -0.372 e. The largest absolute Gasteiger partial charge is 0.372 e. The summed E-state index contributed by atoms with van der Waals surface area (Å²) in [5.41, 5.74) is 1.09. The molecule has 96 valence electrons. The van der Waals surface area contributed by atoms with E-state index in [0.717, 1.165) is 24.5 Å². The van der Waals surface area contributed by atoms with E-state index in [0.29, 0.717) is 5.92 Å². The Bertz CT molecular complexity index is 313. The molecule has 0 spiro atoms. The molecule has 1 nitrogen and oxygen atoms in total. The van der Waals surface area contributed by atoms with Gasteiger partial charge in [-0.2, -0.15) is 12.6 Å². The summed E-state index contributed by atoms with van der Waals surface area (Å²) in [5.74, 6) is 1.34. The molecule has 0 aliphatic rings. The van der Waals surface area contributed by atoms with Crippen LogP contribution < -0.4 is 4.90 Å². The lowest BCUT2D eigenvalue weighted by molar-refractivity contribution is 0.524. The second-order valence-electron chi connectivity index (χ2n) is 4.35. The van der Waals surface area contributed by atoms with Crippen molar-refractivity contribution in [3.63, 3.8) is 0 Å². The van der Waals surface area contributed by atoms with Gasteiger partial charge in [0.15, 0.2) is 0 Å². The first-order valence-electron chi connectivity index (χ1n) is 6.32. The molecule has 1 rings (SSSR count). The van der Waals surface area contributed by atoms with Crippen molar-refractivity contribution in [1.82, 2.24) is 0 Å². The van der Waals surface area contributed by atoms with Crippen LogP contribution in [0.3, 0.4) is 0 Å². The number of rotatable bonds is 7. The van der Waals surface area contributed by atoms with Gasteiger partial charge < -0.3 is 4.90 Å². The van der Waals surface area contributed by atoms with Crippen molar-refractivity contribution in [1.29, 1.82) is 0 Å². The maximum atomic E-state index is 12.9. The number of nitrogens with zero attached hydrogens (tertiary/aromatic N) is 1. The second kappa shape index (κ2) is 7.59. The lowest BCUT2D eigenvalue weighted by atomic mass is 10.1. The molecule has 0 heterocycles. The fourth-order valence-corrected chi connectivity index (χ4v) is 2.33. The van der Waals surface area contributed by atoms with Crippen LogP contribution in [0.25, 0.3) is 0 Å². The monoisotopic (exact) mass is 255 g/mol. The van der Waals surface area contributed by atoms with E-state index in [1.165, 1.54) is 25.0 Å². The van der Waals surface area contributed by atoms with Gasteiger partial charge in [-0.15, -0.1) is 0 Å². The minimum absolute atomic E-state index is 0.177. The molecule has 1 unspecified atom stereocenters. The van der Waals surface area contributed by atoms with E-state index in [1.807, 2.05) is 12.1 Å². The average molecular weight is 255 g/mol. The zero-order chi connectivity index (χ0) is 12.7.